The fourth-order valence-corrected chi connectivity index (χ4v) is 1.55. The molecule has 0 heterocycles. The van der Waals surface area contributed by atoms with Gasteiger partial charge in [-0.05, 0) is 30.8 Å². The highest BCUT2D eigenvalue weighted by Gasteiger charge is 2.06. The van der Waals surface area contributed by atoms with E-state index in [1.807, 2.05) is 6.07 Å². The van der Waals surface area contributed by atoms with Gasteiger partial charge in [0.05, 0.1) is 6.61 Å². The molecule has 0 atom stereocenters. The summed E-state index contributed by atoms with van der Waals surface area (Å²) in [6.45, 7) is 6.85. The zero-order valence-electron chi connectivity index (χ0n) is 9.40. The Morgan fingerprint density at radius 2 is 1.87 bits per heavy atom. The molecule has 84 valence electrons. The van der Waals surface area contributed by atoms with Crippen LogP contribution in [0.4, 0.5) is 0 Å². The van der Waals surface area contributed by atoms with Crippen LogP contribution in [0.2, 0.25) is 0 Å². The summed E-state index contributed by atoms with van der Waals surface area (Å²) in [7, 11) is 0. The molecule has 3 heteroatoms. The van der Waals surface area contributed by atoms with E-state index in [9.17, 15) is 5.11 Å². The average Bonchev–Trinajstić information content (AvgIpc) is 2.28. The molecule has 0 radical (unpaired) electrons. The third-order valence-electron chi connectivity index (χ3n) is 2.61. The van der Waals surface area contributed by atoms with Crippen LogP contribution < -0.4 is 0 Å². The maximum Gasteiger partial charge on any atom is 0.120 e. The minimum absolute atomic E-state index is 0.0194. The Balaban J connectivity index is 2.82. The molecule has 0 aliphatic rings. The maximum atomic E-state index is 9.66. The van der Waals surface area contributed by atoms with Gasteiger partial charge in [-0.2, -0.15) is 0 Å². The van der Waals surface area contributed by atoms with Crippen LogP contribution in [0, 0.1) is 0 Å². The molecule has 0 fully saturated rings. The first-order valence-electron chi connectivity index (χ1n) is 5.35. The number of aromatic hydroxyl groups is 1. The Morgan fingerprint density at radius 3 is 2.40 bits per heavy atom. The van der Waals surface area contributed by atoms with Crippen molar-refractivity contribution in [2.45, 2.75) is 27.0 Å². The summed E-state index contributed by atoms with van der Waals surface area (Å²) in [5.74, 6) is 0.305. The van der Waals surface area contributed by atoms with Gasteiger partial charge in [0, 0.05) is 12.1 Å². The SMILES string of the molecule is CCN(CC)Cc1cc(CO)ccc1O. The summed E-state index contributed by atoms with van der Waals surface area (Å²) in [6, 6.07) is 5.24. The van der Waals surface area contributed by atoms with Crippen molar-refractivity contribution in [2.24, 2.45) is 0 Å². The smallest absolute Gasteiger partial charge is 0.120 e. The van der Waals surface area contributed by atoms with Gasteiger partial charge in [-0.3, -0.25) is 4.90 Å². The van der Waals surface area contributed by atoms with E-state index in [1.54, 1.807) is 12.1 Å². The zero-order valence-corrected chi connectivity index (χ0v) is 9.40. The average molecular weight is 209 g/mol. The van der Waals surface area contributed by atoms with Gasteiger partial charge in [0.15, 0.2) is 0 Å². The summed E-state index contributed by atoms with van der Waals surface area (Å²) in [5, 5.41) is 18.7. The predicted octanol–water partition coefficient (Wildman–Crippen LogP) is 1.73. The summed E-state index contributed by atoms with van der Waals surface area (Å²) < 4.78 is 0. The Hall–Kier alpha value is -1.06. The Morgan fingerprint density at radius 1 is 1.20 bits per heavy atom. The Kier molecular flexibility index (Phi) is 4.59. The molecule has 1 rings (SSSR count). The van der Waals surface area contributed by atoms with Crippen molar-refractivity contribution in [3.63, 3.8) is 0 Å². The van der Waals surface area contributed by atoms with Crippen LogP contribution in [-0.4, -0.2) is 28.2 Å². The van der Waals surface area contributed by atoms with Crippen LogP contribution in [0.15, 0.2) is 18.2 Å². The molecule has 0 unspecified atom stereocenters. The molecule has 15 heavy (non-hydrogen) atoms. The topological polar surface area (TPSA) is 43.7 Å². The number of hydrogen-bond acceptors (Lipinski definition) is 3. The van der Waals surface area contributed by atoms with Crippen molar-refractivity contribution in [3.05, 3.63) is 29.3 Å². The third-order valence-corrected chi connectivity index (χ3v) is 2.61. The first-order valence-corrected chi connectivity index (χ1v) is 5.35. The van der Waals surface area contributed by atoms with Gasteiger partial charge in [0.1, 0.15) is 5.75 Å². The second-order valence-electron chi connectivity index (χ2n) is 3.58. The van der Waals surface area contributed by atoms with Crippen molar-refractivity contribution in [1.29, 1.82) is 0 Å². The lowest BCUT2D eigenvalue weighted by atomic mass is 10.1. The van der Waals surface area contributed by atoms with Crippen molar-refractivity contribution < 1.29 is 10.2 Å². The minimum atomic E-state index is 0.0194. The molecule has 0 spiro atoms. The van der Waals surface area contributed by atoms with Crippen LogP contribution in [0.25, 0.3) is 0 Å². The van der Waals surface area contributed by atoms with Gasteiger partial charge in [-0.25, -0.2) is 0 Å². The molecular formula is C12H19NO2. The van der Waals surface area contributed by atoms with Crippen molar-refractivity contribution in [1.82, 2.24) is 4.90 Å². The Labute approximate surface area is 91.0 Å². The normalized spacial score (nSPS) is 10.9. The van der Waals surface area contributed by atoms with Gasteiger partial charge in [0.2, 0.25) is 0 Å². The second-order valence-corrected chi connectivity index (χ2v) is 3.58. The highest BCUT2D eigenvalue weighted by atomic mass is 16.3. The number of hydrogen-bond donors (Lipinski definition) is 2. The maximum absolute atomic E-state index is 9.66. The molecule has 1 aromatic rings. The van der Waals surface area contributed by atoms with Crippen LogP contribution in [0.5, 0.6) is 5.75 Å². The first-order chi connectivity index (χ1) is 7.21. The number of aliphatic hydroxyl groups excluding tert-OH is 1. The standard InChI is InChI=1S/C12H19NO2/c1-3-13(4-2)8-11-7-10(9-14)5-6-12(11)15/h5-7,14-15H,3-4,8-9H2,1-2H3. The van der Waals surface area contributed by atoms with Crippen molar-refractivity contribution >= 4 is 0 Å². The fraction of sp³-hybridized carbons (Fsp3) is 0.500. The molecular weight excluding hydrogens is 190 g/mol. The number of benzene rings is 1. The van der Waals surface area contributed by atoms with Gasteiger partial charge >= 0.3 is 0 Å². The number of nitrogens with zero attached hydrogens (tertiary/aromatic N) is 1. The molecule has 0 aliphatic heterocycles. The number of phenols is 1. The van der Waals surface area contributed by atoms with E-state index in [2.05, 4.69) is 18.7 Å². The molecule has 3 nitrogen and oxygen atoms in total. The number of aliphatic hydroxyl groups is 1. The molecule has 0 aromatic heterocycles. The largest absolute Gasteiger partial charge is 0.508 e. The molecule has 0 aliphatic carbocycles. The molecule has 0 amide bonds. The van der Waals surface area contributed by atoms with E-state index in [0.29, 0.717) is 5.75 Å². The molecule has 0 saturated heterocycles. The summed E-state index contributed by atoms with van der Waals surface area (Å²) >= 11 is 0. The third kappa shape index (κ3) is 3.22. The summed E-state index contributed by atoms with van der Waals surface area (Å²) in [4.78, 5) is 2.22. The van der Waals surface area contributed by atoms with Crippen LogP contribution in [-0.2, 0) is 13.2 Å². The zero-order chi connectivity index (χ0) is 11.3. The van der Waals surface area contributed by atoms with Crippen molar-refractivity contribution in [3.8, 4) is 5.75 Å². The predicted molar refractivity (Wildman–Crippen MR) is 60.7 cm³/mol. The molecule has 0 saturated carbocycles. The number of rotatable bonds is 5. The van der Waals surface area contributed by atoms with Crippen LogP contribution >= 0.6 is 0 Å². The fourth-order valence-electron chi connectivity index (χ4n) is 1.55. The van der Waals surface area contributed by atoms with E-state index >= 15 is 0 Å². The highest BCUT2D eigenvalue weighted by molar-refractivity contribution is 5.35. The van der Waals surface area contributed by atoms with Crippen molar-refractivity contribution in [2.75, 3.05) is 13.1 Å². The second kappa shape index (κ2) is 5.73. The minimum Gasteiger partial charge on any atom is -0.508 e. The van der Waals surface area contributed by atoms with Crippen LogP contribution in [0.3, 0.4) is 0 Å². The molecule has 1 aromatic carbocycles. The van der Waals surface area contributed by atoms with Crippen LogP contribution in [0.1, 0.15) is 25.0 Å². The Bertz CT molecular complexity index is 308. The lowest BCUT2D eigenvalue weighted by Crippen LogP contribution is -2.22. The van der Waals surface area contributed by atoms with Gasteiger partial charge in [-0.15, -0.1) is 0 Å². The lowest BCUT2D eigenvalue weighted by Gasteiger charge is -2.19. The van der Waals surface area contributed by atoms with E-state index < -0.39 is 0 Å². The van der Waals surface area contributed by atoms with E-state index in [1.165, 1.54) is 0 Å². The van der Waals surface area contributed by atoms with E-state index in [-0.39, 0.29) is 6.61 Å². The lowest BCUT2D eigenvalue weighted by molar-refractivity contribution is 0.278. The first kappa shape index (κ1) is 12.0. The molecule has 2 N–H and O–H groups in total. The summed E-state index contributed by atoms with van der Waals surface area (Å²) in [5.41, 5.74) is 1.72. The van der Waals surface area contributed by atoms with Gasteiger partial charge in [0.25, 0.3) is 0 Å². The van der Waals surface area contributed by atoms with E-state index in [4.69, 9.17) is 5.11 Å². The number of phenolic OH excluding ortho intramolecular Hbond substituents is 1. The van der Waals surface area contributed by atoms with Gasteiger partial charge < -0.3 is 10.2 Å². The molecule has 0 bridgehead atoms. The van der Waals surface area contributed by atoms with E-state index in [0.717, 1.165) is 30.8 Å². The quantitative estimate of drug-likeness (QED) is 0.776. The summed E-state index contributed by atoms with van der Waals surface area (Å²) in [6.07, 6.45) is 0. The van der Waals surface area contributed by atoms with Gasteiger partial charge in [-0.1, -0.05) is 19.9 Å². The highest BCUT2D eigenvalue weighted by Crippen LogP contribution is 2.20. The monoisotopic (exact) mass is 209 g/mol.